The molecule has 0 radical (unpaired) electrons. The van der Waals surface area contributed by atoms with Crippen molar-refractivity contribution in [2.75, 3.05) is 30.4 Å². The van der Waals surface area contributed by atoms with Crippen LogP contribution >= 0.6 is 0 Å². The van der Waals surface area contributed by atoms with Crippen LogP contribution in [0.4, 0.5) is 11.6 Å². The van der Waals surface area contributed by atoms with Gasteiger partial charge in [0, 0.05) is 31.5 Å². The van der Waals surface area contributed by atoms with Crippen molar-refractivity contribution in [2.24, 2.45) is 0 Å². The zero-order valence-electron chi connectivity index (χ0n) is 11.2. The van der Waals surface area contributed by atoms with E-state index >= 15 is 0 Å². The van der Waals surface area contributed by atoms with Gasteiger partial charge in [0.1, 0.15) is 17.5 Å². The van der Waals surface area contributed by atoms with E-state index in [1.165, 1.54) is 0 Å². The summed E-state index contributed by atoms with van der Waals surface area (Å²) in [6, 6.07) is 5.86. The van der Waals surface area contributed by atoms with Gasteiger partial charge in [0.2, 0.25) is 0 Å². The molecule has 0 fully saturated rings. The van der Waals surface area contributed by atoms with Crippen LogP contribution in [0.1, 0.15) is 11.5 Å². The average Bonchev–Trinajstić information content (AvgIpc) is 2.89. The summed E-state index contributed by atoms with van der Waals surface area (Å²) >= 11 is 0. The number of nitrogens with one attached hydrogen (secondary N) is 2. The summed E-state index contributed by atoms with van der Waals surface area (Å²) in [4.78, 5) is 13.7. The Labute approximate surface area is 112 Å². The Bertz CT molecular complexity index is 512. The van der Waals surface area contributed by atoms with Crippen LogP contribution in [0.25, 0.3) is 0 Å². The molecule has 2 aromatic rings. The SMILES string of the molecule is Cc1nc(NCc2ccc[nH]2)cc(N(C)CCO)n1. The largest absolute Gasteiger partial charge is 0.395 e. The van der Waals surface area contributed by atoms with Crippen LogP contribution in [0, 0.1) is 6.92 Å². The van der Waals surface area contributed by atoms with E-state index in [-0.39, 0.29) is 6.61 Å². The van der Waals surface area contributed by atoms with Crippen molar-refractivity contribution in [1.29, 1.82) is 0 Å². The van der Waals surface area contributed by atoms with Crippen molar-refractivity contribution in [3.8, 4) is 0 Å². The highest BCUT2D eigenvalue weighted by atomic mass is 16.3. The lowest BCUT2D eigenvalue weighted by molar-refractivity contribution is 0.304. The Morgan fingerprint density at radius 1 is 1.42 bits per heavy atom. The van der Waals surface area contributed by atoms with Gasteiger partial charge in [0.25, 0.3) is 0 Å². The zero-order chi connectivity index (χ0) is 13.7. The summed E-state index contributed by atoms with van der Waals surface area (Å²) in [6.45, 7) is 3.19. The maximum Gasteiger partial charge on any atom is 0.134 e. The Morgan fingerprint density at radius 2 is 2.26 bits per heavy atom. The third kappa shape index (κ3) is 3.69. The second kappa shape index (κ2) is 6.19. The van der Waals surface area contributed by atoms with E-state index in [1.54, 1.807) is 0 Å². The van der Waals surface area contributed by atoms with E-state index < -0.39 is 0 Å². The molecule has 3 N–H and O–H groups in total. The second-order valence-electron chi connectivity index (χ2n) is 4.35. The number of aliphatic hydroxyl groups excluding tert-OH is 1. The highest BCUT2D eigenvalue weighted by Gasteiger charge is 2.06. The molecule has 2 rings (SSSR count). The lowest BCUT2D eigenvalue weighted by Gasteiger charge is -2.18. The van der Waals surface area contributed by atoms with Crippen LogP contribution in [0.5, 0.6) is 0 Å². The normalized spacial score (nSPS) is 10.5. The number of aryl methyl sites for hydroxylation is 1. The summed E-state index contributed by atoms with van der Waals surface area (Å²) in [5.74, 6) is 2.29. The number of aromatic amines is 1. The van der Waals surface area contributed by atoms with E-state index in [1.807, 2.05) is 43.3 Å². The second-order valence-corrected chi connectivity index (χ2v) is 4.35. The first-order chi connectivity index (χ1) is 9.19. The molecule has 0 saturated heterocycles. The fourth-order valence-electron chi connectivity index (χ4n) is 1.77. The van der Waals surface area contributed by atoms with Gasteiger partial charge in [-0.05, 0) is 19.1 Å². The molecule has 0 saturated carbocycles. The van der Waals surface area contributed by atoms with Gasteiger partial charge in [-0.2, -0.15) is 0 Å². The number of hydrogen-bond donors (Lipinski definition) is 3. The molecule has 6 heteroatoms. The van der Waals surface area contributed by atoms with E-state index in [4.69, 9.17) is 5.11 Å². The minimum Gasteiger partial charge on any atom is -0.395 e. The van der Waals surface area contributed by atoms with Crippen LogP contribution < -0.4 is 10.2 Å². The summed E-state index contributed by atoms with van der Waals surface area (Å²) in [5, 5.41) is 12.2. The molecule has 102 valence electrons. The quantitative estimate of drug-likeness (QED) is 0.727. The lowest BCUT2D eigenvalue weighted by Crippen LogP contribution is -2.23. The fourth-order valence-corrected chi connectivity index (χ4v) is 1.77. The Balaban J connectivity index is 2.07. The van der Waals surface area contributed by atoms with Crippen molar-refractivity contribution < 1.29 is 5.11 Å². The van der Waals surface area contributed by atoms with Crippen LogP contribution in [-0.2, 0) is 6.54 Å². The lowest BCUT2D eigenvalue weighted by atomic mass is 10.4. The maximum atomic E-state index is 8.96. The Hall–Kier alpha value is -2.08. The summed E-state index contributed by atoms with van der Waals surface area (Å²) in [6.07, 6.45) is 1.89. The molecule has 0 spiro atoms. The topological polar surface area (TPSA) is 77.1 Å². The number of aliphatic hydroxyl groups is 1. The molecule has 0 aliphatic heterocycles. The van der Waals surface area contributed by atoms with E-state index in [0.29, 0.717) is 18.9 Å². The van der Waals surface area contributed by atoms with E-state index in [9.17, 15) is 0 Å². The zero-order valence-corrected chi connectivity index (χ0v) is 11.2. The van der Waals surface area contributed by atoms with Gasteiger partial charge in [-0.25, -0.2) is 9.97 Å². The molecule has 2 heterocycles. The van der Waals surface area contributed by atoms with E-state index in [0.717, 1.165) is 17.3 Å². The van der Waals surface area contributed by atoms with Gasteiger partial charge >= 0.3 is 0 Å². The standard InChI is InChI=1S/C13H19N5O/c1-10-16-12(15-9-11-4-3-5-14-11)8-13(17-10)18(2)6-7-19/h3-5,8,14,19H,6-7,9H2,1-2H3,(H,15,16,17). The first-order valence-corrected chi connectivity index (χ1v) is 6.23. The van der Waals surface area contributed by atoms with Crippen molar-refractivity contribution in [2.45, 2.75) is 13.5 Å². The van der Waals surface area contributed by atoms with Gasteiger partial charge in [-0.15, -0.1) is 0 Å². The number of anilines is 2. The fraction of sp³-hybridized carbons (Fsp3) is 0.385. The molecule has 19 heavy (non-hydrogen) atoms. The van der Waals surface area contributed by atoms with E-state index in [2.05, 4.69) is 20.3 Å². The molecule has 0 aromatic carbocycles. The van der Waals surface area contributed by atoms with Gasteiger partial charge in [-0.3, -0.25) is 0 Å². The van der Waals surface area contributed by atoms with Crippen LogP contribution in [-0.4, -0.2) is 40.3 Å². The highest BCUT2D eigenvalue weighted by Crippen LogP contribution is 2.15. The number of likely N-dealkylation sites (N-methyl/N-ethyl adjacent to an activating group) is 1. The van der Waals surface area contributed by atoms with Gasteiger partial charge < -0.3 is 20.3 Å². The van der Waals surface area contributed by atoms with Crippen molar-refractivity contribution >= 4 is 11.6 Å². The first-order valence-electron chi connectivity index (χ1n) is 6.23. The molecule has 0 amide bonds. The average molecular weight is 261 g/mol. The Morgan fingerprint density at radius 3 is 2.95 bits per heavy atom. The molecular weight excluding hydrogens is 242 g/mol. The molecule has 0 aliphatic rings. The van der Waals surface area contributed by atoms with Crippen molar-refractivity contribution in [3.63, 3.8) is 0 Å². The molecule has 6 nitrogen and oxygen atoms in total. The van der Waals surface area contributed by atoms with Gasteiger partial charge in [0.15, 0.2) is 0 Å². The number of nitrogens with zero attached hydrogens (tertiary/aromatic N) is 3. The number of hydrogen-bond acceptors (Lipinski definition) is 5. The smallest absolute Gasteiger partial charge is 0.134 e. The molecule has 0 unspecified atom stereocenters. The third-order valence-electron chi connectivity index (χ3n) is 2.77. The van der Waals surface area contributed by atoms with Gasteiger partial charge in [-0.1, -0.05) is 0 Å². The molecule has 0 atom stereocenters. The minimum atomic E-state index is 0.102. The summed E-state index contributed by atoms with van der Waals surface area (Å²) < 4.78 is 0. The molecule has 0 bridgehead atoms. The Kier molecular flexibility index (Phi) is 4.35. The summed E-state index contributed by atoms with van der Waals surface area (Å²) in [7, 11) is 1.90. The highest BCUT2D eigenvalue weighted by molar-refractivity contribution is 5.49. The number of H-pyrrole nitrogens is 1. The number of aromatic nitrogens is 3. The first kappa shape index (κ1) is 13.4. The molecule has 0 aliphatic carbocycles. The predicted molar refractivity (Wildman–Crippen MR) is 75.2 cm³/mol. The van der Waals surface area contributed by atoms with Crippen LogP contribution in [0.2, 0.25) is 0 Å². The molecular formula is C13H19N5O. The van der Waals surface area contributed by atoms with Crippen molar-refractivity contribution in [1.82, 2.24) is 15.0 Å². The molecule has 2 aromatic heterocycles. The number of rotatable bonds is 6. The monoisotopic (exact) mass is 261 g/mol. The van der Waals surface area contributed by atoms with Gasteiger partial charge in [0.05, 0.1) is 13.2 Å². The summed E-state index contributed by atoms with van der Waals surface area (Å²) in [5.41, 5.74) is 1.10. The minimum absolute atomic E-state index is 0.102. The third-order valence-corrected chi connectivity index (χ3v) is 2.77. The maximum absolute atomic E-state index is 8.96. The predicted octanol–water partition coefficient (Wildman–Crippen LogP) is 1.15. The van der Waals surface area contributed by atoms with Crippen LogP contribution in [0.3, 0.4) is 0 Å². The van der Waals surface area contributed by atoms with Crippen LogP contribution in [0.15, 0.2) is 24.4 Å². The van der Waals surface area contributed by atoms with Crippen molar-refractivity contribution in [3.05, 3.63) is 35.9 Å².